The number of benzene rings is 1. The van der Waals surface area contributed by atoms with E-state index in [1.807, 2.05) is 12.1 Å². The summed E-state index contributed by atoms with van der Waals surface area (Å²) < 4.78 is 7.13. The van der Waals surface area contributed by atoms with Crippen LogP contribution in [0.1, 0.15) is 18.4 Å². The van der Waals surface area contributed by atoms with Crippen LogP contribution >= 0.6 is 15.9 Å². The lowest BCUT2D eigenvalue weighted by atomic mass is 9.98. The molecule has 2 aliphatic heterocycles. The molecule has 4 heteroatoms. The maximum absolute atomic E-state index is 9.28. The molecule has 3 rings (SSSR count). The van der Waals surface area contributed by atoms with Gasteiger partial charge < -0.3 is 9.84 Å². The van der Waals surface area contributed by atoms with Gasteiger partial charge in [-0.15, -0.1) is 0 Å². The Kier molecular flexibility index (Phi) is 4.10. The number of piperidine rings is 1. The van der Waals surface area contributed by atoms with E-state index in [4.69, 9.17) is 4.74 Å². The van der Waals surface area contributed by atoms with Gasteiger partial charge in [-0.3, -0.25) is 4.90 Å². The van der Waals surface area contributed by atoms with Crippen LogP contribution in [-0.4, -0.2) is 42.4 Å². The smallest absolute Gasteiger partial charge is 0.123 e. The van der Waals surface area contributed by atoms with Gasteiger partial charge in [0.2, 0.25) is 0 Å². The standard InChI is InChI=1S/C15H20BrNO2/c16-13-3-4-15-12(6-13)7-14(19-15)9-17-5-1-2-11(8-17)10-18/h3-4,6,11,14,18H,1-2,5,7-10H2. The molecule has 0 aliphatic carbocycles. The average Bonchev–Trinajstić information content (AvgIpc) is 2.80. The quantitative estimate of drug-likeness (QED) is 0.926. The summed E-state index contributed by atoms with van der Waals surface area (Å²) >= 11 is 3.51. The molecule has 0 bridgehead atoms. The van der Waals surface area contributed by atoms with E-state index >= 15 is 0 Å². The van der Waals surface area contributed by atoms with Crippen molar-refractivity contribution < 1.29 is 9.84 Å². The van der Waals surface area contributed by atoms with Gasteiger partial charge in [0.1, 0.15) is 11.9 Å². The molecule has 0 spiro atoms. The molecule has 0 amide bonds. The fraction of sp³-hybridized carbons (Fsp3) is 0.600. The van der Waals surface area contributed by atoms with E-state index < -0.39 is 0 Å². The summed E-state index contributed by atoms with van der Waals surface area (Å²) in [5.74, 6) is 1.48. The number of likely N-dealkylation sites (tertiary alicyclic amines) is 1. The summed E-state index contributed by atoms with van der Waals surface area (Å²) in [6.07, 6.45) is 3.61. The number of nitrogens with zero attached hydrogens (tertiary/aromatic N) is 1. The lowest BCUT2D eigenvalue weighted by Crippen LogP contribution is -2.42. The van der Waals surface area contributed by atoms with E-state index in [0.717, 1.165) is 42.7 Å². The Balaban J connectivity index is 1.58. The summed E-state index contributed by atoms with van der Waals surface area (Å²) in [7, 11) is 0. The Labute approximate surface area is 122 Å². The normalized spacial score (nSPS) is 27.1. The van der Waals surface area contributed by atoms with E-state index in [1.54, 1.807) is 0 Å². The van der Waals surface area contributed by atoms with Crippen LogP contribution in [0, 0.1) is 5.92 Å². The molecule has 2 heterocycles. The van der Waals surface area contributed by atoms with Crippen molar-refractivity contribution in [2.24, 2.45) is 5.92 Å². The third-order valence-corrected chi connectivity index (χ3v) is 4.58. The molecule has 3 nitrogen and oxygen atoms in total. The summed E-state index contributed by atoms with van der Waals surface area (Å²) in [5.41, 5.74) is 1.30. The largest absolute Gasteiger partial charge is 0.488 e. The lowest BCUT2D eigenvalue weighted by molar-refractivity contribution is 0.0858. The highest BCUT2D eigenvalue weighted by molar-refractivity contribution is 9.10. The van der Waals surface area contributed by atoms with Gasteiger partial charge in [-0.1, -0.05) is 15.9 Å². The molecule has 0 saturated carbocycles. The Morgan fingerprint density at radius 1 is 1.42 bits per heavy atom. The zero-order valence-electron chi connectivity index (χ0n) is 11.0. The number of aliphatic hydroxyl groups excluding tert-OH is 1. The number of rotatable bonds is 3. The molecule has 104 valence electrons. The third kappa shape index (κ3) is 3.12. The summed E-state index contributed by atoms with van der Waals surface area (Å²) in [4.78, 5) is 2.44. The molecule has 0 aromatic heterocycles. The monoisotopic (exact) mass is 325 g/mol. The van der Waals surface area contributed by atoms with E-state index in [-0.39, 0.29) is 6.10 Å². The van der Waals surface area contributed by atoms with Gasteiger partial charge in [0.05, 0.1) is 0 Å². The summed E-state index contributed by atoms with van der Waals surface area (Å²) in [6.45, 7) is 3.44. The predicted octanol–water partition coefficient (Wildman–Crippen LogP) is 2.46. The van der Waals surface area contributed by atoms with Crippen LogP contribution in [0.3, 0.4) is 0 Å². The Bertz CT molecular complexity index is 452. The molecule has 2 aliphatic rings. The molecule has 1 saturated heterocycles. The second-order valence-corrected chi connectivity index (χ2v) is 6.56. The number of hydrogen-bond donors (Lipinski definition) is 1. The van der Waals surface area contributed by atoms with Crippen molar-refractivity contribution in [1.29, 1.82) is 0 Å². The maximum Gasteiger partial charge on any atom is 0.123 e. The van der Waals surface area contributed by atoms with Crippen LogP contribution in [0.4, 0.5) is 0 Å². The van der Waals surface area contributed by atoms with Gasteiger partial charge in [0.15, 0.2) is 0 Å². The molecule has 19 heavy (non-hydrogen) atoms. The molecule has 1 fully saturated rings. The molecule has 1 aromatic rings. The molecule has 2 atom stereocenters. The molecule has 1 N–H and O–H groups in total. The minimum absolute atomic E-state index is 0.266. The van der Waals surface area contributed by atoms with Crippen molar-refractivity contribution in [2.75, 3.05) is 26.2 Å². The van der Waals surface area contributed by atoms with Crippen LogP contribution in [0.25, 0.3) is 0 Å². The molecule has 2 unspecified atom stereocenters. The van der Waals surface area contributed by atoms with Crippen molar-refractivity contribution in [1.82, 2.24) is 4.90 Å². The van der Waals surface area contributed by atoms with Crippen molar-refractivity contribution >= 4 is 15.9 Å². The second-order valence-electron chi connectivity index (χ2n) is 5.65. The molecule has 0 radical (unpaired) electrons. The maximum atomic E-state index is 9.28. The fourth-order valence-electron chi connectivity index (χ4n) is 3.14. The minimum Gasteiger partial charge on any atom is -0.488 e. The highest BCUT2D eigenvalue weighted by atomic mass is 79.9. The topological polar surface area (TPSA) is 32.7 Å². The van der Waals surface area contributed by atoms with Crippen LogP contribution in [0.2, 0.25) is 0 Å². The van der Waals surface area contributed by atoms with Gasteiger partial charge >= 0.3 is 0 Å². The van der Waals surface area contributed by atoms with Crippen molar-refractivity contribution in [3.05, 3.63) is 28.2 Å². The van der Waals surface area contributed by atoms with Crippen molar-refractivity contribution in [3.8, 4) is 5.75 Å². The molecular weight excluding hydrogens is 306 g/mol. The van der Waals surface area contributed by atoms with Gasteiger partial charge in [0, 0.05) is 30.6 Å². The number of aliphatic hydroxyl groups is 1. The van der Waals surface area contributed by atoms with Gasteiger partial charge in [-0.05, 0) is 49.1 Å². The fourth-order valence-corrected chi connectivity index (χ4v) is 3.55. The lowest BCUT2D eigenvalue weighted by Gasteiger charge is -2.33. The van der Waals surface area contributed by atoms with Gasteiger partial charge in [0.25, 0.3) is 0 Å². The van der Waals surface area contributed by atoms with Gasteiger partial charge in [-0.2, -0.15) is 0 Å². The number of fused-ring (bicyclic) bond motifs is 1. The van der Waals surface area contributed by atoms with Crippen LogP contribution in [0.5, 0.6) is 5.75 Å². The molecule has 1 aromatic carbocycles. The van der Waals surface area contributed by atoms with E-state index in [1.165, 1.54) is 12.0 Å². The minimum atomic E-state index is 0.266. The highest BCUT2D eigenvalue weighted by Crippen LogP contribution is 2.31. The zero-order valence-corrected chi connectivity index (χ0v) is 12.6. The summed E-state index contributed by atoms with van der Waals surface area (Å²) in [6, 6.07) is 6.23. The number of ether oxygens (including phenoxy) is 1. The van der Waals surface area contributed by atoms with Crippen molar-refractivity contribution in [2.45, 2.75) is 25.4 Å². The van der Waals surface area contributed by atoms with Crippen LogP contribution < -0.4 is 4.74 Å². The number of hydrogen-bond acceptors (Lipinski definition) is 3. The first kappa shape index (κ1) is 13.4. The van der Waals surface area contributed by atoms with Crippen LogP contribution in [0.15, 0.2) is 22.7 Å². The summed E-state index contributed by atoms with van der Waals surface area (Å²) in [5, 5.41) is 9.28. The second kappa shape index (κ2) is 5.81. The predicted molar refractivity (Wildman–Crippen MR) is 78.5 cm³/mol. The third-order valence-electron chi connectivity index (χ3n) is 4.09. The van der Waals surface area contributed by atoms with Crippen LogP contribution in [-0.2, 0) is 6.42 Å². The zero-order chi connectivity index (χ0) is 13.2. The van der Waals surface area contributed by atoms with Gasteiger partial charge in [-0.25, -0.2) is 0 Å². The Morgan fingerprint density at radius 2 is 2.32 bits per heavy atom. The first-order valence-electron chi connectivity index (χ1n) is 7.03. The first-order chi connectivity index (χ1) is 9.24. The Hall–Kier alpha value is -0.580. The highest BCUT2D eigenvalue weighted by Gasteiger charge is 2.27. The van der Waals surface area contributed by atoms with E-state index in [9.17, 15) is 5.11 Å². The first-order valence-corrected chi connectivity index (χ1v) is 7.82. The van der Waals surface area contributed by atoms with E-state index in [2.05, 4.69) is 26.9 Å². The molecular formula is C15H20BrNO2. The van der Waals surface area contributed by atoms with Crippen molar-refractivity contribution in [3.63, 3.8) is 0 Å². The average molecular weight is 326 g/mol. The van der Waals surface area contributed by atoms with E-state index in [0.29, 0.717) is 12.5 Å². The Morgan fingerprint density at radius 3 is 3.16 bits per heavy atom. The SMILES string of the molecule is OCC1CCCN(CC2Cc3cc(Br)ccc3O2)C1. The number of halogens is 1.